The summed E-state index contributed by atoms with van der Waals surface area (Å²) in [6.45, 7) is 1.92. The summed E-state index contributed by atoms with van der Waals surface area (Å²) in [6, 6.07) is 7.30. The molecule has 0 bridgehead atoms. The molecule has 0 aromatic heterocycles. The number of carbonyl (C=O) groups is 2. The Morgan fingerprint density at radius 2 is 2.06 bits per heavy atom. The van der Waals surface area contributed by atoms with Gasteiger partial charge in [-0.2, -0.15) is 0 Å². The standard InChI is InChI=1S/C12H14ClNO2/c1-9(15)5-6-12(16)14-8-10-3-2-4-11(13)7-10/h2-4,7H,5-6,8H2,1H3,(H,14,16). The van der Waals surface area contributed by atoms with E-state index in [0.717, 1.165) is 5.56 Å². The molecule has 0 radical (unpaired) electrons. The van der Waals surface area contributed by atoms with E-state index in [-0.39, 0.29) is 18.1 Å². The summed E-state index contributed by atoms with van der Waals surface area (Å²) in [6.07, 6.45) is 0.539. The first-order valence-corrected chi connectivity index (χ1v) is 5.46. The van der Waals surface area contributed by atoms with Crippen LogP contribution in [0.5, 0.6) is 0 Å². The minimum absolute atomic E-state index is 0.0258. The molecule has 1 aromatic rings. The van der Waals surface area contributed by atoms with E-state index in [2.05, 4.69) is 5.32 Å². The van der Waals surface area contributed by atoms with Gasteiger partial charge in [0.25, 0.3) is 0 Å². The molecular formula is C12H14ClNO2. The highest BCUT2D eigenvalue weighted by atomic mass is 35.5. The smallest absolute Gasteiger partial charge is 0.220 e. The number of carbonyl (C=O) groups excluding carboxylic acids is 2. The number of nitrogens with one attached hydrogen (secondary N) is 1. The highest BCUT2D eigenvalue weighted by Gasteiger charge is 2.03. The molecule has 3 nitrogen and oxygen atoms in total. The maximum atomic E-state index is 11.3. The number of amides is 1. The number of benzene rings is 1. The van der Waals surface area contributed by atoms with Crippen molar-refractivity contribution in [1.29, 1.82) is 0 Å². The SMILES string of the molecule is CC(=O)CCC(=O)NCc1cccc(Cl)c1. The van der Waals surface area contributed by atoms with Crippen molar-refractivity contribution in [3.05, 3.63) is 34.9 Å². The molecule has 0 aliphatic heterocycles. The Labute approximate surface area is 99.8 Å². The molecule has 0 saturated carbocycles. The molecular weight excluding hydrogens is 226 g/mol. The van der Waals surface area contributed by atoms with Gasteiger partial charge in [0, 0.05) is 24.4 Å². The molecule has 16 heavy (non-hydrogen) atoms. The molecule has 0 aliphatic rings. The second kappa shape index (κ2) is 6.28. The maximum Gasteiger partial charge on any atom is 0.220 e. The van der Waals surface area contributed by atoms with Gasteiger partial charge in [0.1, 0.15) is 5.78 Å². The second-order valence-corrected chi connectivity index (χ2v) is 4.05. The van der Waals surface area contributed by atoms with Crippen molar-refractivity contribution in [2.24, 2.45) is 0 Å². The fourth-order valence-electron chi connectivity index (χ4n) is 1.23. The van der Waals surface area contributed by atoms with Crippen molar-refractivity contribution in [2.75, 3.05) is 0 Å². The van der Waals surface area contributed by atoms with Crippen molar-refractivity contribution in [3.63, 3.8) is 0 Å². The van der Waals surface area contributed by atoms with E-state index in [0.29, 0.717) is 18.0 Å². The summed E-state index contributed by atoms with van der Waals surface area (Å²) in [5, 5.41) is 3.38. The summed E-state index contributed by atoms with van der Waals surface area (Å²) in [5.74, 6) is -0.0897. The number of halogens is 1. The Morgan fingerprint density at radius 3 is 2.69 bits per heavy atom. The number of Topliss-reactive ketones (excluding diaryl/α,β-unsaturated/α-hetero) is 1. The number of hydrogen-bond acceptors (Lipinski definition) is 2. The molecule has 1 rings (SSSR count). The van der Waals surface area contributed by atoms with E-state index in [1.54, 1.807) is 12.1 Å². The van der Waals surface area contributed by atoms with Gasteiger partial charge in [-0.1, -0.05) is 23.7 Å². The lowest BCUT2D eigenvalue weighted by Crippen LogP contribution is -2.22. The average molecular weight is 240 g/mol. The second-order valence-electron chi connectivity index (χ2n) is 3.61. The summed E-state index contributed by atoms with van der Waals surface area (Å²) >= 11 is 5.81. The molecule has 86 valence electrons. The van der Waals surface area contributed by atoms with Crippen LogP contribution in [0.2, 0.25) is 5.02 Å². The Hall–Kier alpha value is -1.35. The van der Waals surface area contributed by atoms with Gasteiger partial charge in [0.15, 0.2) is 0 Å². The van der Waals surface area contributed by atoms with Crippen LogP contribution in [0.1, 0.15) is 25.3 Å². The molecule has 0 atom stereocenters. The summed E-state index contributed by atoms with van der Waals surface area (Å²) in [7, 11) is 0. The third-order valence-corrected chi connectivity index (χ3v) is 2.32. The lowest BCUT2D eigenvalue weighted by molar-refractivity contribution is -0.124. The van der Waals surface area contributed by atoms with Gasteiger partial charge < -0.3 is 10.1 Å². The van der Waals surface area contributed by atoms with Crippen molar-refractivity contribution in [2.45, 2.75) is 26.3 Å². The van der Waals surface area contributed by atoms with Crippen molar-refractivity contribution >= 4 is 23.3 Å². The Bertz CT molecular complexity index is 390. The lowest BCUT2D eigenvalue weighted by Gasteiger charge is -2.04. The largest absolute Gasteiger partial charge is 0.352 e. The molecule has 0 aliphatic carbocycles. The van der Waals surface area contributed by atoms with Crippen molar-refractivity contribution in [1.82, 2.24) is 5.32 Å². The number of ketones is 1. The Morgan fingerprint density at radius 1 is 1.31 bits per heavy atom. The molecule has 1 aromatic carbocycles. The van der Waals surface area contributed by atoms with Crippen molar-refractivity contribution < 1.29 is 9.59 Å². The maximum absolute atomic E-state index is 11.3. The predicted octanol–water partition coefficient (Wildman–Crippen LogP) is 2.33. The van der Waals surface area contributed by atoms with Gasteiger partial charge in [0.05, 0.1) is 0 Å². The van der Waals surface area contributed by atoms with Gasteiger partial charge in [-0.15, -0.1) is 0 Å². The first-order valence-electron chi connectivity index (χ1n) is 5.08. The highest BCUT2D eigenvalue weighted by molar-refractivity contribution is 6.30. The highest BCUT2D eigenvalue weighted by Crippen LogP contribution is 2.10. The van der Waals surface area contributed by atoms with Gasteiger partial charge in [0.2, 0.25) is 5.91 Å². The van der Waals surface area contributed by atoms with E-state index in [9.17, 15) is 9.59 Å². The molecule has 1 N–H and O–H groups in total. The summed E-state index contributed by atoms with van der Waals surface area (Å²) in [5.41, 5.74) is 0.948. The molecule has 1 amide bonds. The van der Waals surface area contributed by atoms with Crippen LogP contribution in [0.25, 0.3) is 0 Å². The lowest BCUT2D eigenvalue weighted by atomic mass is 10.2. The fraction of sp³-hybridized carbons (Fsp3) is 0.333. The van der Waals surface area contributed by atoms with E-state index in [1.807, 2.05) is 12.1 Å². The first kappa shape index (κ1) is 12.7. The van der Waals surface area contributed by atoms with Crippen LogP contribution in [0.3, 0.4) is 0 Å². The predicted molar refractivity (Wildman–Crippen MR) is 63.2 cm³/mol. The Kier molecular flexibility index (Phi) is 4.99. The zero-order valence-corrected chi connectivity index (χ0v) is 9.88. The number of hydrogen-bond donors (Lipinski definition) is 1. The van der Waals surface area contributed by atoms with E-state index in [1.165, 1.54) is 6.92 Å². The topological polar surface area (TPSA) is 46.2 Å². The zero-order valence-electron chi connectivity index (χ0n) is 9.13. The average Bonchev–Trinajstić information content (AvgIpc) is 2.23. The summed E-state index contributed by atoms with van der Waals surface area (Å²) in [4.78, 5) is 22.0. The monoisotopic (exact) mass is 239 g/mol. The first-order chi connectivity index (χ1) is 7.58. The van der Waals surface area contributed by atoms with Crippen LogP contribution in [-0.4, -0.2) is 11.7 Å². The summed E-state index contributed by atoms with van der Waals surface area (Å²) < 4.78 is 0. The quantitative estimate of drug-likeness (QED) is 0.857. The fourth-order valence-corrected chi connectivity index (χ4v) is 1.44. The molecule has 0 unspecified atom stereocenters. The third-order valence-electron chi connectivity index (χ3n) is 2.08. The third kappa shape index (κ3) is 4.94. The van der Waals surface area contributed by atoms with Crippen LogP contribution in [0.15, 0.2) is 24.3 Å². The minimum Gasteiger partial charge on any atom is -0.352 e. The molecule has 0 fully saturated rings. The molecule has 0 heterocycles. The Balaban J connectivity index is 2.34. The van der Waals surface area contributed by atoms with E-state index >= 15 is 0 Å². The van der Waals surface area contributed by atoms with Crippen LogP contribution >= 0.6 is 11.6 Å². The zero-order chi connectivity index (χ0) is 12.0. The van der Waals surface area contributed by atoms with Gasteiger partial charge in [-0.25, -0.2) is 0 Å². The minimum atomic E-state index is -0.116. The van der Waals surface area contributed by atoms with Crippen LogP contribution in [0, 0.1) is 0 Å². The normalized spacial score (nSPS) is 9.88. The van der Waals surface area contributed by atoms with Crippen LogP contribution in [-0.2, 0) is 16.1 Å². The van der Waals surface area contributed by atoms with Gasteiger partial charge in [-0.05, 0) is 24.6 Å². The van der Waals surface area contributed by atoms with Crippen molar-refractivity contribution in [3.8, 4) is 0 Å². The van der Waals surface area contributed by atoms with Gasteiger partial charge in [-0.3, -0.25) is 4.79 Å². The molecule has 0 spiro atoms. The number of rotatable bonds is 5. The van der Waals surface area contributed by atoms with E-state index in [4.69, 9.17) is 11.6 Å². The molecule has 4 heteroatoms. The van der Waals surface area contributed by atoms with Crippen LogP contribution < -0.4 is 5.32 Å². The van der Waals surface area contributed by atoms with Gasteiger partial charge >= 0.3 is 0 Å². The van der Waals surface area contributed by atoms with Crippen LogP contribution in [0.4, 0.5) is 0 Å². The molecule has 0 saturated heterocycles. The van der Waals surface area contributed by atoms with E-state index < -0.39 is 0 Å².